The first-order valence-electron chi connectivity index (χ1n) is 3.24. The van der Waals surface area contributed by atoms with Crippen LogP contribution in [0.2, 0.25) is 0 Å². The third-order valence-electron chi connectivity index (χ3n) is 1.42. The lowest BCUT2D eigenvalue weighted by atomic mass is 10.1. The lowest BCUT2D eigenvalue weighted by Crippen LogP contribution is -2.03. The molecule has 0 aromatic heterocycles. The van der Waals surface area contributed by atoms with Gasteiger partial charge in [0.2, 0.25) is 0 Å². The molecule has 0 amide bonds. The highest BCUT2D eigenvalue weighted by Gasteiger charge is 1.96. The van der Waals surface area contributed by atoms with Gasteiger partial charge in [0.25, 0.3) is 0 Å². The summed E-state index contributed by atoms with van der Waals surface area (Å²) in [7, 11) is 0. The van der Waals surface area contributed by atoms with Crippen LogP contribution in [0.3, 0.4) is 0 Å². The largest absolute Gasteiger partial charge is 0.508 e. The highest BCUT2D eigenvalue weighted by Crippen LogP contribution is 2.13. The van der Waals surface area contributed by atoms with Crippen molar-refractivity contribution in [1.29, 1.82) is 0 Å². The Morgan fingerprint density at radius 3 is 2.20 bits per heavy atom. The van der Waals surface area contributed by atoms with Crippen molar-refractivity contribution in [3.63, 3.8) is 0 Å². The van der Waals surface area contributed by atoms with E-state index in [-0.39, 0.29) is 11.8 Å². The molecule has 0 bridgehead atoms. The number of nitrogens with two attached hydrogens (primary N) is 1. The van der Waals surface area contributed by atoms with Gasteiger partial charge in [0.15, 0.2) is 0 Å². The molecule has 1 aromatic rings. The number of benzene rings is 1. The lowest BCUT2D eigenvalue weighted by Gasteiger charge is -2.03. The first-order chi connectivity index (χ1) is 4.70. The van der Waals surface area contributed by atoms with Crippen molar-refractivity contribution in [3.05, 3.63) is 29.8 Å². The Morgan fingerprint density at radius 2 is 1.80 bits per heavy atom. The molecule has 0 fully saturated rings. The third-order valence-corrected chi connectivity index (χ3v) is 1.42. The van der Waals surface area contributed by atoms with Crippen LogP contribution in [-0.4, -0.2) is 5.11 Å². The van der Waals surface area contributed by atoms with Gasteiger partial charge in [-0.25, -0.2) is 0 Å². The maximum atomic E-state index is 8.90. The SMILES string of the molecule is C[C@@H](N)c1ccc(O)cc1. The number of rotatable bonds is 1. The van der Waals surface area contributed by atoms with Gasteiger partial charge in [-0.3, -0.25) is 0 Å². The molecular weight excluding hydrogens is 126 g/mol. The molecular formula is C8H11NO. The Morgan fingerprint density at radius 1 is 1.30 bits per heavy atom. The summed E-state index contributed by atoms with van der Waals surface area (Å²) in [5, 5.41) is 8.90. The van der Waals surface area contributed by atoms with Gasteiger partial charge in [0.05, 0.1) is 0 Å². The predicted octanol–water partition coefficient (Wildman–Crippen LogP) is 1.41. The van der Waals surface area contributed by atoms with Crippen molar-refractivity contribution >= 4 is 0 Å². The zero-order valence-corrected chi connectivity index (χ0v) is 5.91. The highest BCUT2D eigenvalue weighted by atomic mass is 16.3. The quantitative estimate of drug-likeness (QED) is 0.614. The van der Waals surface area contributed by atoms with E-state index in [1.54, 1.807) is 12.1 Å². The Balaban J connectivity index is 2.89. The van der Waals surface area contributed by atoms with Crippen LogP contribution in [0, 0.1) is 0 Å². The van der Waals surface area contributed by atoms with E-state index in [1.807, 2.05) is 19.1 Å². The van der Waals surface area contributed by atoms with Crippen LogP contribution < -0.4 is 5.73 Å². The maximum absolute atomic E-state index is 8.90. The molecule has 0 aliphatic rings. The van der Waals surface area contributed by atoms with Crippen molar-refractivity contribution < 1.29 is 5.11 Å². The van der Waals surface area contributed by atoms with Gasteiger partial charge in [-0.2, -0.15) is 0 Å². The molecule has 0 spiro atoms. The molecule has 0 aliphatic carbocycles. The molecule has 1 atom stereocenters. The minimum Gasteiger partial charge on any atom is -0.508 e. The summed E-state index contributed by atoms with van der Waals surface area (Å²) in [5.41, 5.74) is 6.62. The summed E-state index contributed by atoms with van der Waals surface area (Å²) < 4.78 is 0. The minimum absolute atomic E-state index is 0.0422. The van der Waals surface area contributed by atoms with E-state index in [0.29, 0.717) is 0 Å². The number of phenols is 1. The van der Waals surface area contributed by atoms with E-state index in [2.05, 4.69) is 0 Å². The zero-order valence-electron chi connectivity index (χ0n) is 5.91. The number of hydrogen-bond acceptors (Lipinski definition) is 2. The number of aromatic hydroxyl groups is 1. The van der Waals surface area contributed by atoms with Gasteiger partial charge in [-0.05, 0) is 24.6 Å². The van der Waals surface area contributed by atoms with Crippen LogP contribution >= 0.6 is 0 Å². The Labute approximate surface area is 60.3 Å². The molecule has 10 heavy (non-hydrogen) atoms. The van der Waals surface area contributed by atoms with Crippen LogP contribution in [0.25, 0.3) is 0 Å². The molecule has 0 radical (unpaired) electrons. The summed E-state index contributed by atoms with van der Waals surface area (Å²) in [6.07, 6.45) is 0. The maximum Gasteiger partial charge on any atom is 0.115 e. The summed E-state index contributed by atoms with van der Waals surface area (Å²) >= 11 is 0. The van der Waals surface area contributed by atoms with Crippen molar-refractivity contribution in [2.45, 2.75) is 13.0 Å². The molecule has 0 saturated heterocycles. The second kappa shape index (κ2) is 2.71. The molecule has 1 aromatic carbocycles. The molecule has 0 unspecified atom stereocenters. The van der Waals surface area contributed by atoms with Gasteiger partial charge in [0.1, 0.15) is 5.75 Å². The van der Waals surface area contributed by atoms with Crippen molar-refractivity contribution in [3.8, 4) is 5.75 Å². The second-order valence-electron chi connectivity index (χ2n) is 2.38. The second-order valence-corrected chi connectivity index (χ2v) is 2.38. The first-order valence-corrected chi connectivity index (χ1v) is 3.24. The molecule has 0 saturated carbocycles. The Hall–Kier alpha value is -1.02. The first kappa shape index (κ1) is 7.09. The van der Waals surface area contributed by atoms with Crippen LogP contribution in [0.15, 0.2) is 24.3 Å². The minimum atomic E-state index is 0.0422. The standard InChI is InChI=1S/C8H11NO/c1-6(9)7-2-4-8(10)5-3-7/h2-6,10H,9H2,1H3/t6-/m1/s1. The smallest absolute Gasteiger partial charge is 0.115 e. The zero-order chi connectivity index (χ0) is 7.56. The average molecular weight is 137 g/mol. The third kappa shape index (κ3) is 1.48. The molecule has 54 valence electrons. The fourth-order valence-corrected chi connectivity index (χ4v) is 0.778. The van der Waals surface area contributed by atoms with Gasteiger partial charge >= 0.3 is 0 Å². The van der Waals surface area contributed by atoms with E-state index in [1.165, 1.54) is 0 Å². The van der Waals surface area contributed by atoms with Gasteiger partial charge in [-0.15, -0.1) is 0 Å². The van der Waals surface area contributed by atoms with E-state index in [9.17, 15) is 0 Å². The van der Waals surface area contributed by atoms with Crippen LogP contribution in [-0.2, 0) is 0 Å². The summed E-state index contributed by atoms with van der Waals surface area (Å²) in [5.74, 6) is 0.282. The topological polar surface area (TPSA) is 46.2 Å². The van der Waals surface area contributed by atoms with Crippen LogP contribution in [0.1, 0.15) is 18.5 Å². The fraction of sp³-hybridized carbons (Fsp3) is 0.250. The number of phenolic OH excluding ortho intramolecular Hbond substituents is 1. The monoisotopic (exact) mass is 137 g/mol. The van der Waals surface area contributed by atoms with E-state index >= 15 is 0 Å². The molecule has 2 nitrogen and oxygen atoms in total. The van der Waals surface area contributed by atoms with Crippen LogP contribution in [0.4, 0.5) is 0 Å². The van der Waals surface area contributed by atoms with Gasteiger partial charge < -0.3 is 10.8 Å². The van der Waals surface area contributed by atoms with Gasteiger partial charge in [0, 0.05) is 6.04 Å². The van der Waals surface area contributed by atoms with E-state index < -0.39 is 0 Å². The predicted molar refractivity (Wildman–Crippen MR) is 40.7 cm³/mol. The van der Waals surface area contributed by atoms with Crippen molar-refractivity contribution in [1.82, 2.24) is 0 Å². The van der Waals surface area contributed by atoms with Gasteiger partial charge in [-0.1, -0.05) is 12.1 Å². The van der Waals surface area contributed by atoms with Crippen LogP contribution in [0.5, 0.6) is 5.75 Å². The Bertz CT molecular complexity index is 203. The van der Waals surface area contributed by atoms with Crippen molar-refractivity contribution in [2.24, 2.45) is 5.73 Å². The average Bonchev–Trinajstić information content (AvgIpc) is 1.88. The molecule has 0 heterocycles. The van der Waals surface area contributed by atoms with Crippen molar-refractivity contribution in [2.75, 3.05) is 0 Å². The highest BCUT2D eigenvalue weighted by molar-refractivity contribution is 5.27. The molecule has 2 heteroatoms. The summed E-state index contributed by atoms with van der Waals surface area (Å²) in [6.45, 7) is 1.91. The summed E-state index contributed by atoms with van der Waals surface area (Å²) in [6, 6.07) is 6.96. The molecule has 0 aliphatic heterocycles. The summed E-state index contributed by atoms with van der Waals surface area (Å²) in [4.78, 5) is 0. The molecule has 3 N–H and O–H groups in total. The van der Waals surface area contributed by atoms with E-state index in [0.717, 1.165) is 5.56 Å². The molecule has 1 rings (SSSR count). The Kier molecular flexibility index (Phi) is 1.92. The lowest BCUT2D eigenvalue weighted by molar-refractivity contribution is 0.475. The van der Waals surface area contributed by atoms with E-state index in [4.69, 9.17) is 10.8 Å². The normalized spacial score (nSPS) is 13.0. The fourth-order valence-electron chi connectivity index (χ4n) is 0.778. The number of hydrogen-bond donors (Lipinski definition) is 2.